The van der Waals surface area contributed by atoms with E-state index < -0.39 is 6.04 Å². The van der Waals surface area contributed by atoms with E-state index in [1.807, 2.05) is 38.1 Å². The van der Waals surface area contributed by atoms with E-state index in [0.29, 0.717) is 18.7 Å². The second-order valence-corrected chi connectivity index (χ2v) is 6.99. The highest BCUT2D eigenvalue weighted by molar-refractivity contribution is 5.97. The van der Waals surface area contributed by atoms with Crippen LogP contribution in [0.3, 0.4) is 0 Å². The molecule has 1 unspecified atom stereocenters. The molecule has 1 aromatic rings. The Morgan fingerprint density at radius 2 is 1.85 bits per heavy atom. The smallest absolute Gasteiger partial charge is 0.254 e. The number of nitrogens with zero attached hydrogens (tertiary/aromatic N) is 1. The molecule has 0 aromatic heterocycles. The summed E-state index contributed by atoms with van der Waals surface area (Å²) in [5.74, 6) is -0.177. The van der Waals surface area contributed by atoms with Crippen molar-refractivity contribution in [2.45, 2.75) is 52.5 Å². The molecule has 150 valence electrons. The van der Waals surface area contributed by atoms with Crippen molar-refractivity contribution in [3.05, 3.63) is 48.0 Å². The van der Waals surface area contributed by atoms with Crippen LogP contribution in [0.25, 0.3) is 0 Å². The van der Waals surface area contributed by atoms with Gasteiger partial charge >= 0.3 is 0 Å². The predicted octanol–water partition coefficient (Wildman–Crippen LogP) is 3.40. The third-order valence-electron chi connectivity index (χ3n) is 4.39. The molecule has 0 heterocycles. The Balaban J connectivity index is 2.84. The number of aliphatic hydroxyl groups excluding tert-OH is 1. The molecular weight excluding hydrogens is 340 g/mol. The number of benzene rings is 1. The summed E-state index contributed by atoms with van der Waals surface area (Å²) in [7, 11) is 0. The van der Waals surface area contributed by atoms with E-state index in [2.05, 4.69) is 12.2 Å². The summed E-state index contributed by atoms with van der Waals surface area (Å²) < 4.78 is 0. The molecule has 27 heavy (non-hydrogen) atoms. The maximum Gasteiger partial charge on any atom is 0.254 e. The van der Waals surface area contributed by atoms with Gasteiger partial charge in [-0.2, -0.15) is 0 Å². The van der Waals surface area contributed by atoms with Crippen molar-refractivity contribution in [2.24, 2.45) is 5.92 Å². The fraction of sp³-hybridized carbons (Fsp3) is 0.545. The van der Waals surface area contributed by atoms with Gasteiger partial charge < -0.3 is 15.3 Å². The Bertz CT molecular complexity index is 584. The molecule has 5 heteroatoms. The Hall–Kier alpha value is -2.14. The number of unbranched alkanes of at least 4 members (excludes halogenated alkanes) is 2. The van der Waals surface area contributed by atoms with Crippen LogP contribution >= 0.6 is 0 Å². The van der Waals surface area contributed by atoms with Crippen LogP contribution in [0.5, 0.6) is 0 Å². The highest BCUT2D eigenvalue weighted by atomic mass is 16.2. The number of hydrogen-bond donors (Lipinski definition) is 2. The van der Waals surface area contributed by atoms with Gasteiger partial charge in [0.05, 0.1) is 6.61 Å². The van der Waals surface area contributed by atoms with Crippen molar-refractivity contribution in [3.8, 4) is 0 Å². The summed E-state index contributed by atoms with van der Waals surface area (Å²) in [6, 6.07) is 8.67. The molecule has 2 amide bonds. The molecule has 1 aromatic carbocycles. The van der Waals surface area contributed by atoms with Gasteiger partial charge in [0.25, 0.3) is 5.91 Å². The van der Waals surface area contributed by atoms with Crippen molar-refractivity contribution in [1.82, 2.24) is 10.2 Å². The molecule has 5 nitrogen and oxygen atoms in total. The van der Waals surface area contributed by atoms with Crippen molar-refractivity contribution in [1.29, 1.82) is 0 Å². The van der Waals surface area contributed by atoms with Gasteiger partial charge in [0.1, 0.15) is 6.04 Å². The van der Waals surface area contributed by atoms with Gasteiger partial charge in [-0.15, -0.1) is 0 Å². The highest BCUT2D eigenvalue weighted by Crippen LogP contribution is 2.17. The van der Waals surface area contributed by atoms with Gasteiger partial charge in [0.15, 0.2) is 0 Å². The van der Waals surface area contributed by atoms with E-state index in [0.717, 1.165) is 25.7 Å². The van der Waals surface area contributed by atoms with E-state index in [9.17, 15) is 9.59 Å². The van der Waals surface area contributed by atoms with Crippen LogP contribution in [0.4, 0.5) is 0 Å². The fourth-order valence-corrected chi connectivity index (χ4v) is 2.97. The van der Waals surface area contributed by atoms with Crippen molar-refractivity contribution >= 4 is 11.8 Å². The lowest BCUT2D eigenvalue weighted by atomic mass is 9.99. The van der Waals surface area contributed by atoms with Crippen LogP contribution in [0.15, 0.2) is 42.5 Å². The molecule has 0 radical (unpaired) electrons. The number of rotatable bonds is 12. The number of aliphatic hydroxyl groups is 1. The van der Waals surface area contributed by atoms with Crippen LogP contribution in [0.2, 0.25) is 0 Å². The van der Waals surface area contributed by atoms with E-state index in [1.165, 1.54) is 0 Å². The zero-order chi connectivity index (χ0) is 20.1. The number of carbonyl (C=O) groups is 2. The molecule has 0 bridgehead atoms. The predicted molar refractivity (Wildman–Crippen MR) is 109 cm³/mol. The molecule has 0 aliphatic carbocycles. The van der Waals surface area contributed by atoms with Gasteiger partial charge in [0, 0.05) is 18.7 Å². The Morgan fingerprint density at radius 1 is 1.15 bits per heavy atom. The number of amides is 2. The van der Waals surface area contributed by atoms with Gasteiger partial charge in [-0.3, -0.25) is 9.59 Å². The number of allylic oxidation sites excluding steroid dienone is 1. The van der Waals surface area contributed by atoms with Gasteiger partial charge in [-0.05, 0) is 37.3 Å². The van der Waals surface area contributed by atoms with Crippen LogP contribution in [-0.4, -0.2) is 47.6 Å². The standard InChI is InChI=1S/C22H34N2O3/c1-4-5-16-24(22(27)19-13-9-8-10-14-19)20(18(2)3)21(26)23-15-11-6-7-12-17-25/h7-10,12-14,18,20,25H,4-6,11,15-17H2,1-3H3,(H,23,26)/b12-7+. The molecule has 2 N–H and O–H groups in total. The van der Waals surface area contributed by atoms with Crippen molar-refractivity contribution in [3.63, 3.8) is 0 Å². The number of hydrogen-bond acceptors (Lipinski definition) is 3. The third kappa shape index (κ3) is 7.95. The zero-order valence-electron chi connectivity index (χ0n) is 16.9. The zero-order valence-corrected chi connectivity index (χ0v) is 16.9. The summed E-state index contributed by atoms with van der Waals surface area (Å²) in [6.07, 6.45) is 7.02. The molecule has 0 saturated carbocycles. The number of nitrogens with one attached hydrogen (secondary N) is 1. The second kappa shape index (κ2) is 13.1. The summed E-state index contributed by atoms with van der Waals surface area (Å²) in [6.45, 7) is 7.20. The Kier molecular flexibility index (Phi) is 11.1. The molecule has 1 atom stereocenters. The quantitative estimate of drug-likeness (QED) is 0.435. The first-order valence-corrected chi connectivity index (χ1v) is 9.92. The summed E-state index contributed by atoms with van der Waals surface area (Å²) >= 11 is 0. The monoisotopic (exact) mass is 374 g/mol. The molecule has 0 aliphatic rings. The minimum Gasteiger partial charge on any atom is -0.392 e. The molecule has 0 spiro atoms. The minimum absolute atomic E-state index is 0.0174. The van der Waals surface area contributed by atoms with Crippen molar-refractivity contribution < 1.29 is 14.7 Å². The molecule has 0 fully saturated rings. The van der Waals surface area contributed by atoms with E-state index >= 15 is 0 Å². The average molecular weight is 375 g/mol. The third-order valence-corrected chi connectivity index (χ3v) is 4.39. The molecule has 0 saturated heterocycles. The fourth-order valence-electron chi connectivity index (χ4n) is 2.97. The second-order valence-electron chi connectivity index (χ2n) is 6.99. The summed E-state index contributed by atoms with van der Waals surface area (Å²) in [5.41, 5.74) is 0.612. The topological polar surface area (TPSA) is 69.6 Å². The number of carbonyl (C=O) groups excluding carboxylic acids is 2. The van der Waals surface area contributed by atoms with Gasteiger partial charge in [-0.25, -0.2) is 0 Å². The maximum atomic E-state index is 13.1. The van der Waals surface area contributed by atoms with E-state index in [-0.39, 0.29) is 24.3 Å². The Morgan fingerprint density at radius 3 is 2.44 bits per heavy atom. The lowest BCUT2D eigenvalue weighted by molar-refractivity contribution is -0.127. The van der Waals surface area contributed by atoms with Crippen LogP contribution < -0.4 is 5.32 Å². The Labute approximate surface area is 163 Å². The highest BCUT2D eigenvalue weighted by Gasteiger charge is 2.32. The maximum absolute atomic E-state index is 13.1. The molecule has 1 rings (SSSR count). The minimum atomic E-state index is -0.489. The van der Waals surface area contributed by atoms with Crippen LogP contribution in [-0.2, 0) is 4.79 Å². The largest absolute Gasteiger partial charge is 0.392 e. The molecular formula is C22H34N2O3. The first-order chi connectivity index (χ1) is 13.0. The SMILES string of the molecule is CCCCN(C(=O)c1ccccc1)C(C(=O)NCCC/C=C/CO)C(C)C. The van der Waals surface area contributed by atoms with E-state index in [1.54, 1.807) is 23.1 Å². The van der Waals surface area contributed by atoms with Crippen molar-refractivity contribution in [2.75, 3.05) is 19.7 Å². The van der Waals surface area contributed by atoms with Gasteiger partial charge in [-0.1, -0.05) is 57.5 Å². The van der Waals surface area contributed by atoms with Gasteiger partial charge in [0.2, 0.25) is 5.91 Å². The average Bonchev–Trinajstić information content (AvgIpc) is 2.67. The normalized spacial score (nSPS) is 12.3. The van der Waals surface area contributed by atoms with Crippen LogP contribution in [0, 0.1) is 5.92 Å². The first kappa shape index (κ1) is 22.9. The summed E-state index contributed by atoms with van der Waals surface area (Å²) in [5, 5.41) is 11.7. The molecule has 0 aliphatic heterocycles. The lowest BCUT2D eigenvalue weighted by Crippen LogP contribution is -2.52. The first-order valence-electron chi connectivity index (χ1n) is 9.92. The van der Waals surface area contributed by atoms with Crippen LogP contribution in [0.1, 0.15) is 56.8 Å². The summed E-state index contributed by atoms with van der Waals surface area (Å²) in [4.78, 5) is 27.6. The van der Waals surface area contributed by atoms with E-state index in [4.69, 9.17) is 5.11 Å². The lowest BCUT2D eigenvalue weighted by Gasteiger charge is -2.33.